The number of aliphatic hydroxyl groups excluding tert-OH is 2. The predicted molar refractivity (Wildman–Crippen MR) is 64.9 cm³/mol. The van der Waals surface area contributed by atoms with Gasteiger partial charge < -0.3 is 15.1 Å². The molecule has 0 radical (unpaired) electrons. The summed E-state index contributed by atoms with van der Waals surface area (Å²) in [6.07, 6.45) is 0.343. The molecule has 0 aliphatic rings. The van der Waals surface area contributed by atoms with Gasteiger partial charge in [0, 0.05) is 24.5 Å². The van der Waals surface area contributed by atoms with E-state index in [1.54, 1.807) is 6.92 Å². The Morgan fingerprint density at radius 2 is 2.12 bits per heavy atom. The lowest BCUT2D eigenvalue weighted by molar-refractivity contribution is 0.189. The standard InChI is InChI=1S/C10H19N3O2S/c1-4-9-11-10(16-12-9)13(5-8(3)15)7(2)6-14/h7-8,14-15H,4-6H2,1-3H3/t7-,8+/m1/s1. The topological polar surface area (TPSA) is 69.5 Å². The highest BCUT2D eigenvalue weighted by Crippen LogP contribution is 2.20. The Balaban J connectivity index is 2.82. The van der Waals surface area contributed by atoms with Gasteiger partial charge in [-0.05, 0) is 13.8 Å². The summed E-state index contributed by atoms with van der Waals surface area (Å²) in [6, 6.07) is -0.0627. The van der Waals surface area contributed by atoms with E-state index in [9.17, 15) is 10.2 Å². The zero-order valence-corrected chi connectivity index (χ0v) is 10.7. The van der Waals surface area contributed by atoms with Gasteiger partial charge in [0.1, 0.15) is 5.82 Å². The van der Waals surface area contributed by atoms with Gasteiger partial charge in [0.05, 0.1) is 18.8 Å². The molecule has 92 valence electrons. The summed E-state index contributed by atoms with van der Waals surface area (Å²) in [5.41, 5.74) is 0. The predicted octanol–water partition coefficient (Wildman–Crippen LogP) is 0.668. The molecule has 1 rings (SSSR count). The molecule has 0 aliphatic carbocycles. The van der Waals surface area contributed by atoms with Gasteiger partial charge in [-0.15, -0.1) is 0 Å². The summed E-state index contributed by atoms with van der Waals surface area (Å²) in [7, 11) is 0. The van der Waals surface area contributed by atoms with Crippen LogP contribution in [0.1, 0.15) is 26.6 Å². The van der Waals surface area contributed by atoms with Gasteiger partial charge in [-0.1, -0.05) is 6.92 Å². The molecule has 0 aliphatic heterocycles. The van der Waals surface area contributed by atoms with Crippen LogP contribution in [0.15, 0.2) is 0 Å². The van der Waals surface area contributed by atoms with Crippen LogP contribution in [0, 0.1) is 0 Å². The summed E-state index contributed by atoms with van der Waals surface area (Å²) in [6.45, 7) is 6.11. The van der Waals surface area contributed by atoms with Gasteiger partial charge in [-0.3, -0.25) is 0 Å². The van der Waals surface area contributed by atoms with Crippen molar-refractivity contribution in [2.24, 2.45) is 0 Å². The average Bonchev–Trinajstić information content (AvgIpc) is 2.72. The smallest absolute Gasteiger partial charge is 0.205 e. The summed E-state index contributed by atoms with van der Waals surface area (Å²) in [5, 5.41) is 19.4. The van der Waals surface area contributed by atoms with E-state index in [0.29, 0.717) is 6.54 Å². The van der Waals surface area contributed by atoms with Crippen molar-refractivity contribution in [2.45, 2.75) is 39.3 Å². The average molecular weight is 245 g/mol. The van der Waals surface area contributed by atoms with Crippen molar-refractivity contribution in [1.29, 1.82) is 0 Å². The van der Waals surface area contributed by atoms with Crippen LogP contribution >= 0.6 is 11.5 Å². The molecule has 5 nitrogen and oxygen atoms in total. The number of aliphatic hydroxyl groups is 2. The minimum Gasteiger partial charge on any atom is -0.394 e. The van der Waals surface area contributed by atoms with E-state index in [2.05, 4.69) is 9.36 Å². The first-order valence-electron chi connectivity index (χ1n) is 5.46. The number of nitrogens with zero attached hydrogens (tertiary/aromatic N) is 3. The van der Waals surface area contributed by atoms with Crippen molar-refractivity contribution in [1.82, 2.24) is 9.36 Å². The third-order valence-corrected chi connectivity index (χ3v) is 3.07. The molecule has 0 fully saturated rings. The lowest BCUT2D eigenvalue weighted by Crippen LogP contribution is -2.40. The van der Waals surface area contributed by atoms with Crippen LogP contribution in [0.2, 0.25) is 0 Å². The maximum atomic E-state index is 9.43. The van der Waals surface area contributed by atoms with E-state index in [0.717, 1.165) is 17.4 Å². The van der Waals surface area contributed by atoms with Crippen LogP contribution in [0.3, 0.4) is 0 Å². The van der Waals surface area contributed by atoms with Crippen LogP contribution in [-0.4, -0.2) is 44.9 Å². The third-order valence-electron chi connectivity index (χ3n) is 2.28. The van der Waals surface area contributed by atoms with E-state index in [-0.39, 0.29) is 12.6 Å². The molecular formula is C10H19N3O2S. The van der Waals surface area contributed by atoms with E-state index < -0.39 is 6.10 Å². The van der Waals surface area contributed by atoms with Crippen molar-refractivity contribution >= 4 is 16.7 Å². The van der Waals surface area contributed by atoms with Gasteiger partial charge in [0.15, 0.2) is 0 Å². The Morgan fingerprint density at radius 1 is 1.44 bits per heavy atom. The molecule has 6 heteroatoms. The van der Waals surface area contributed by atoms with Gasteiger partial charge >= 0.3 is 0 Å². The molecule has 1 heterocycles. The van der Waals surface area contributed by atoms with E-state index in [1.165, 1.54) is 11.5 Å². The molecule has 0 unspecified atom stereocenters. The number of aryl methyl sites for hydroxylation is 1. The van der Waals surface area contributed by atoms with Crippen molar-refractivity contribution in [2.75, 3.05) is 18.1 Å². The number of rotatable bonds is 6. The molecule has 0 spiro atoms. The molecule has 0 aromatic carbocycles. The van der Waals surface area contributed by atoms with Crippen molar-refractivity contribution in [3.8, 4) is 0 Å². The summed E-state index contributed by atoms with van der Waals surface area (Å²) < 4.78 is 4.21. The Bertz CT molecular complexity index is 317. The summed E-state index contributed by atoms with van der Waals surface area (Å²) in [4.78, 5) is 6.25. The largest absolute Gasteiger partial charge is 0.394 e. The Morgan fingerprint density at radius 3 is 2.56 bits per heavy atom. The minimum absolute atomic E-state index is 0.0355. The molecule has 2 N–H and O–H groups in total. The van der Waals surface area contributed by atoms with Crippen molar-refractivity contribution < 1.29 is 10.2 Å². The highest BCUT2D eigenvalue weighted by molar-refractivity contribution is 7.09. The molecule has 0 amide bonds. The fourth-order valence-corrected chi connectivity index (χ4v) is 2.20. The molecule has 16 heavy (non-hydrogen) atoms. The van der Waals surface area contributed by atoms with Gasteiger partial charge in [0.2, 0.25) is 5.13 Å². The first-order valence-corrected chi connectivity index (χ1v) is 6.24. The molecule has 1 aromatic heterocycles. The Labute approximate surface area is 99.9 Å². The lowest BCUT2D eigenvalue weighted by Gasteiger charge is -2.28. The van der Waals surface area contributed by atoms with Crippen LogP contribution in [-0.2, 0) is 6.42 Å². The number of aromatic nitrogens is 2. The number of hydrogen-bond donors (Lipinski definition) is 2. The quantitative estimate of drug-likeness (QED) is 0.771. The van der Waals surface area contributed by atoms with Crippen LogP contribution < -0.4 is 4.90 Å². The normalized spacial score (nSPS) is 14.8. The molecule has 0 saturated carbocycles. The zero-order chi connectivity index (χ0) is 12.1. The van der Waals surface area contributed by atoms with E-state index in [4.69, 9.17) is 0 Å². The molecule has 1 aromatic rings. The Kier molecular flexibility index (Phi) is 5.11. The molecule has 0 saturated heterocycles. The highest BCUT2D eigenvalue weighted by Gasteiger charge is 2.19. The Hall–Kier alpha value is -0.720. The van der Waals surface area contributed by atoms with Crippen molar-refractivity contribution in [3.05, 3.63) is 5.82 Å². The first kappa shape index (κ1) is 13.3. The molecule has 0 bridgehead atoms. The van der Waals surface area contributed by atoms with Crippen LogP contribution in [0.25, 0.3) is 0 Å². The highest BCUT2D eigenvalue weighted by atomic mass is 32.1. The van der Waals surface area contributed by atoms with E-state index in [1.807, 2.05) is 18.7 Å². The first-order chi connectivity index (χ1) is 7.58. The summed E-state index contributed by atoms with van der Waals surface area (Å²) in [5.74, 6) is 0.806. The minimum atomic E-state index is -0.456. The van der Waals surface area contributed by atoms with Crippen LogP contribution in [0.4, 0.5) is 5.13 Å². The van der Waals surface area contributed by atoms with Crippen LogP contribution in [0.5, 0.6) is 0 Å². The second kappa shape index (κ2) is 6.12. The maximum absolute atomic E-state index is 9.43. The number of hydrogen-bond acceptors (Lipinski definition) is 6. The van der Waals surface area contributed by atoms with E-state index >= 15 is 0 Å². The molecule has 2 atom stereocenters. The molecular weight excluding hydrogens is 226 g/mol. The lowest BCUT2D eigenvalue weighted by atomic mass is 10.3. The van der Waals surface area contributed by atoms with Gasteiger partial charge in [-0.2, -0.15) is 4.37 Å². The fraction of sp³-hybridized carbons (Fsp3) is 0.800. The second-order valence-electron chi connectivity index (χ2n) is 3.88. The fourth-order valence-electron chi connectivity index (χ4n) is 1.33. The van der Waals surface area contributed by atoms with Gasteiger partial charge in [0.25, 0.3) is 0 Å². The zero-order valence-electron chi connectivity index (χ0n) is 9.92. The third kappa shape index (κ3) is 3.40. The maximum Gasteiger partial charge on any atom is 0.205 e. The second-order valence-corrected chi connectivity index (χ2v) is 4.61. The monoisotopic (exact) mass is 245 g/mol. The SMILES string of the molecule is CCc1nsc(N(C[C@H](C)O)[C@H](C)CO)n1. The van der Waals surface area contributed by atoms with Crippen molar-refractivity contribution in [3.63, 3.8) is 0 Å². The van der Waals surface area contributed by atoms with Gasteiger partial charge in [-0.25, -0.2) is 4.98 Å². The number of anilines is 1. The summed E-state index contributed by atoms with van der Waals surface area (Å²) >= 11 is 1.31.